The Kier molecular flexibility index (Phi) is 11.9. The molecule has 40 heavy (non-hydrogen) atoms. The molecule has 1 fully saturated rings. The molecule has 3 rings (SSSR count). The molecular formula is C34H48N2O4. The van der Waals surface area contributed by atoms with E-state index in [0.29, 0.717) is 50.1 Å². The van der Waals surface area contributed by atoms with E-state index in [1.54, 1.807) is 6.07 Å². The molecule has 0 unspecified atom stereocenters. The number of nitrogens with zero attached hydrogens (tertiary/aromatic N) is 2. The zero-order valence-electron chi connectivity index (χ0n) is 25.1. The Morgan fingerprint density at radius 1 is 1.02 bits per heavy atom. The number of carbonyl (C=O) groups excluding carboxylic acids is 3. The summed E-state index contributed by atoms with van der Waals surface area (Å²) in [5.41, 5.74) is 2.96. The van der Waals surface area contributed by atoms with Crippen LogP contribution < -0.4 is 0 Å². The van der Waals surface area contributed by atoms with Crippen molar-refractivity contribution >= 4 is 17.6 Å². The fraction of sp³-hybridized carbons (Fsp3) is 0.559. The van der Waals surface area contributed by atoms with Gasteiger partial charge in [0.05, 0.1) is 12.0 Å². The predicted molar refractivity (Wildman–Crippen MR) is 160 cm³/mol. The normalized spacial score (nSPS) is 17.1. The van der Waals surface area contributed by atoms with Crippen molar-refractivity contribution in [2.24, 2.45) is 17.8 Å². The number of benzene rings is 2. The number of amides is 2. The van der Waals surface area contributed by atoms with Crippen LogP contribution in [0.4, 0.5) is 0 Å². The highest BCUT2D eigenvalue weighted by Gasteiger charge is 2.38. The summed E-state index contributed by atoms with van der Waals surface area (Å²) in [6, 6.07) is 15.3. The molecule has 0 aromatic heterocycles. The highest BCUT2D eigenvalue weighted by atomic mass is 16.3. The zero-order valence-corrected chi connectivity index (χ0v) is 25.1. The van der Waals surface area contributed by atoms with Crippen molar-refractivity contribution in [1.29, 1.82) is 0 Å². The topological polar surface area (TPSA) is 77.9 Å². The molecule has 2 aromatic carbocycles. The van der Waals surface area contributed by atoms with Crippen LogP contribution in [0.15, 0.2) is 48.5 Å². The van der Waals surface area contributed by atoms with E-state index in [2.05, 4.69) is 27.7 Å². The number of likely N-dealkylation sites (tertiary alicyclic amines) is 1. The lowest BCUT2D eigenvalue weighted by molar-refractivity contribution is -0.145. The third-order valence-electron chi connectivity index (χ3n) is 7.83. The van der Waals surface area contributed by atoms with Crippen LogP contribution in [0.2, 0.25) is 0 Å². The van der Waals surface area contributed by atoms with Gasteiger partial charge in [0.15, 0.2) is 5.78 Å². The minimum absolute atomic E-state index is 0.0285. The summed E-state index contributed by atoms with van der Waals surface area (Å²) in [4.78, 5) is 44.1. The van der Waals surface area contributed by atoms with Crippen molar-refractivity contribution in [2.75, 3.05) is 19.6 Å². The average molecular weight is 549 g/mol. The van der Waals surface area contributed by atoms with Crippen molar-refractivity contribution in [1.82, 2.24) is 9.80 Å². The summed E-state index contributed by atoms with van der Waals surface area (Å²) < 4.78 is 0. The van der Waals surface area contributed by atoms with E-state index < -0.39 is 12.0 Å². The first-order chi connectivity index (χ1) is 19.1. The van der Waals surface area contributed by atoms with E-state index in [-0.39, 0.29) is 35.9 Å². The van der Waals surface area contributed by atoms with E-state index in [4.69, 9.17) is 0 Å². The van der Waals surface area contributed by atoms with Gasteiger partial charge in [-0.2, -0.15) is 0 Å². The van der Waals surface area contributed by atoms with Crippen molar-refractivity contribution in [3.8, 4) is 0 Å². The minimum Gasteiger partial charge on any atom is -0.392 e. The van der Waals surface area contributed by atoms with Gasteiger partial charge < -0.3 is 14.9 Å². The number of ketones is 1. The summed E-state index contributed by atoms with van der Waals surface area (Å²) in [5, 5.41) is 11.6. The van der Waals surface area contributed by atoms with Crippen LogP contribution in [-0.2, 0) is 11.3 Å². The number of piperidine rings is 1. The Morgan fingerprint density at radius 3 is 2.30 bits per heavy atom. The first-order valence-electron chi connectivity index (χ1n) is 15.1. The molecule has 1 heterocycles. The average Bonchev–Trinajstić information content (AvgIpc) is 2.93. The quantitative estimate of drug-likeness (QED) is 0.281. The maximum atomic E-state index is 13.6. The second kappa shape index (κ2) is 15.1. The summed E-state index contributed by atoms with van der Waals surface area (Å²) >= 11 is 0. The molecule has 1 aliphatic rings. The Bertz CT molecular complexity index is 1120. The monoisotopic (exact) mass is 548 g/mol. The molecule has 1 saturated heterocycles. The lowest BCUT2D eigenvalue weighted by atomic mass is 9.78. The van der Waals surface area contributed by atoms with Crippen LogP contribution in [0.1, 0.15) is 98.1 Å². The standard InChI is InChI=1S/C34H48N2O4/c1-6-15-35(16-7-2)33(39)29-20-25(5)19-27(21-29)31(37)22-28(18-24(3)4)32(38)30-14-11-17-36(34(30)40)23-26-12-9-8-10-13-26/h8-10,12-13,19-21,24,28,30,32,38H,6-7,11,14-18,22-23H2,1-5H3/t28-,30+,32+/m1/s1. The first-order valence-corrected chi connectivity index (χ1v) is 15.1. The lowest BCUT2D eigenvalue weighted by Crippen LogP contribution is -2.47. The van der Waals surface area contributed by atoms with Gasteiger partial charge in [0.1, 0.15) is 0 Å². The summed E-state index contributed by atoms with van der Waals surface area (Å²) in [6.45, 7) is 12.7. The first kappa shape index (κ1) is 31.5. The molecule has 0 radical (unpaired) electrons. The van der Waals surface area contributed by atoms with Gasteiger partial charge in [-0.1, -0.05) is 58.0 Å². The zero-order chi connectivity index (χ0) is 29.2. The summed E-state index contributed by atoms with van der Waals surface area (Å²) in [5.74, 6) is -0.761. The molecular weight excluding hydrogens is 500 g/mol. The molecule has 3 atom stereocenters. The van der Waals surface area contributed by atoms with E-state index in [9.17, 15) is 19.5 Å². The van der Waals surface area contributed by atoms with Crippen LogP contribution >= 0.6 is 0 Å². The molecule has 6 nitrogen and oxygen atoms in total. The van der Waals surface area contributed by atoms with Crippen LogP contribution in [0.3, 0.4) is 0 Å². The number of rotatable bonds is 14. The second-order valence-electron chi connectivity index (χ2n) is 11.9. The van der Waals surface area contributed by atoms with Crippen molar-refractivity contribution in [2.45, 2.75) is 85.8 Å². The van der Waals surface area contributed by atoms with Crippen LogP contribution in [-0.4, -0.2) is 58.2 Å². The Balaban J connectivity index is 1.78. The molecule has 2 aromatic rings. The van der Waals surface area contributed by atoms with Gasteiger partial charge in [0.2, 0.25) is 5.91 Å². The maximum Gasteiger partial charge on any atom is 0.253 e. The SMILES string of the molecule is CCCN(CCC)C(=O)c1cc(C)cc(C(=O)C[C@@H](CC(C)C)[C@H](O)[C@@H]2CCCN(Cc3ccccc3)C2=O)c1. The molecule has 0 saturated carbocycles. The van der Waals surface area contributed by atoms with E-state index >= 15 is 0 Å². The highest BCUT2D eigenvalue weighted by molar-refractivity contribution is 6.01. The van der Waals surface area contributed by atoms with E-state index in [1.165, 1.54) is 0 Å². The fourth-order valence-electron chi connectivity index (χ4n) is 5.99. The molecule has 1 aliphatic heterocycles. The Labute approximate surface area is 240 Å². The molecule has 0 bridgehead atoms. The van der Waals surface area contributed by atoms with Gasteiger partial charge in [-0.05, 0) is 80.2 Å². The van der Waals surface area contributed by atoms with Gasteiger partial charge in [0, 0.05) is 43.7 Å². The number of hydrogen-bond acceptors (Lipinski definition) is 4. The lowest BCUT2D eigenvalue weighted by Gasteiger charge is -2.37. The third-order valence-corrected chi connectivity index (χ3v) is 7.83. The molecule has 0 spiro atoms. The van der Waals surface area contributed by atoms with Gasteiger partial charge in [-0.15, -0.1) is 0 Å². The summed E-state index contributed by atoms with van der Waals surface area (Å²) in [6.07, 6.45) is 3.11. The molecule has 0 aliphatic carbocycles. The second-order valence-corrected chi connectivity index (χ2v) is 11.9. The largest absolute Gasteiger partial charge is 0.392 e. The van der Waals surface area contributed by atoms with Crippen molar-refractivity contribution < 1.29 is 19.5 Å². The van der Waals surface area contributed by atoms with Gasteiger partial charge in [-0.25, -0.2) is 0 Å². The number of carbonyl (C=O) groups is 3. The van der Waals surface area contributed by atoms with Crippen molar-refractivity contribution in [3.63, 3.8) is 0 Å². The van der Waals surface area contributed by atoms with Crippen LogP contribution in [0.25, 0.3) is 0 Å². The summed E-state index contributed by atoms with van der Waals surface area (Å²) in [7, 11) is 0. The maximum absolute atomic E-state index is 13.6. The molecule has 218 valence electrons. The highest BCUT2D eigenvalue weighted by Crippen LogP contribution is 2.32. The molecule has 6 heteroatoms. The third kappa shape index (κ3) is 8.50. The predicted octanol–water partition coefficient (Wildman–Crippen LogP) is 6.29. The van der Waals surface area contributed by atoms with Crippen LogP contribution in [0, 0.1) is 24.7 Å². The molecule has 2 amide bonds. The smallest absolute Gasteiger partial charge is 0.253 e. The number of Topliss-reactive ketones (excluding diaryl/α,β-unsaturated/α-hetero) is 1. The van der Waals surface area contributed by atoms with Gasteiger partial charge >= 0.3 is 0 Å². The van der Waals surface area contributed by atoms with Gasteiger partial charge in [0.25, 0.3) is 5.91 Å². The number of aryl methyl sites for hydroxylation is 1. The van der Waals surface area contributed by atoms with E-state index in [1.807, 2.05) is 59.2 Å². The van der Waals surface area contributed by atoms with Crippen molar-refractivity contribution in [3.05, 3.63) is 70.8 Å². The van der Waals surface area contributed by atoms with Gasteiger partial charge in [-0.3, -0.25) is 14.4 Å². The van der Waals surface area contributed by atoms with Crippen LogP contribution in [0.5, 0.6) is 0 Å². The molecule has 1 N–H and O–H groups in total. The van der Waals surface area contributed by atoms with E-state index in [0.717, 1.165) is 30.4 Å². The Hall–Kier alpha value is -2.99. The Morgan fingerprint density at radius 2 is 1.68 bits per heavy atom. The number of aliphatic hydroxyl groups excluding tert-OH is 1. The fourth-order valence-corrected chi connectivity index (χ4v) is 5.99. The minimum atomic E-state index is -0.895. The number of aliphatic hydroxyl groups is 1. The number of hydrogen-bond donors (Lipinski definition) is 1.